The second kappa shape index (κ2) is 3.36. The Balaban J connectivity index is 2.55. The average Bonchev–Trinajstić information content (AvgIpc) is 2.49. The Morgan fingerprint density at radius 3 is 3.23 bits per heavy atom. The lowest BCUT2D eigenvalue weighted by molar-refractivity contribution is 0.181. The van der Waals surface area contributed by atoms with Crippen LogP contribution >= 0.6 is 11.6 Å². The van der Waals surface area contributed by atoms with Crippen molar-refractivity contribution >= 4 is 17.2 Å². The Morgan fingerprint density at radius 2 is 2.46 bits per heavy atom. The highest BCUT2D eigenvalue weighted by Gasteiger charge is 2.01. The molecule has 2 heterocycles. The fraction of sp³-hybridized carbons (Fsp3) is 0.222. The number of methoxy groups -OCH3 is 1. The van der Waals surface area contributed by atoms with Gasteiger partial charge in [-0.15, -0.1) is 0 Å². The van der Waals surface area contributed by atoms with Gasteiger partial charge in [0, 0.05) is 18.3 Å². The van der Waals surface area contributed by atoms with E-state index in [-0.39, 0.29) is 0 Å². The van der Waals surface area contributed by atoms with Gasteiger partial charge in [-0.2, -0.15) is 0 Å². The molecule has 3 nitrogen and oxygen atoms in total. The molecule has 0 fully saturated rings. The summed E-state index contributed by atoms with van der Waals surface area (Å²) >= 11 is 5.82. The van der Waals surface area contributed by atoms with Gasteiger partial charge in [0.25, 0.3) is 0 Å². The highest BCUT2D eigenvalue weighted by atomic mass is 35.5. The first-order chi connectivity index (χ1) is 6.31. The van der Waals surface area contributed by atoms with E-state index in [1.165, 1.54) is 0 Å². The Hall–Kier alpha value is -1.06. The van der Waals surface area contributed by atoms with Crippen molar-refractivity contribution in [2.24, 2.45) is 0 Å². The van der Waals surface area contributed by atoms with E-state index in [2.05, 4.69) is 4.98 Å². The molecule has 0 saturated carbocycles. The first-order valence-corrected chi connectivity index (χ1v) is 4.29. The first-order valence-electron chi connectivity index (χ1n) is 3.91. The molecule has 0 atom stereocenters. The Bertz CT molecular complexity index is 424. The van der Waals surface area contributed by atoms with Gasteiger partial charge in [0.05, 0.1) is 18.5 Å². The second-order valence-electron chi connectivity index (χ2n) is 2.76. The number of pyridine rings is 1. The molecule has 0 aromatic carbocycles. The van der Waals surface area contributed by atoms with Crippen LogP contribution in [-0.2, 0) is 11.3 Å². The smallest absolute Gasteiger partial charge is 0.138 e. The summed E-state index contributed by atoms with van der Waals surface area (Å²) in [6.45, 7) is 0.558. The maximum absolute atomic E-state index is 5.82. The summed E-state index contributed by atoms with van der Waals surface area (Å²) in [5.74, 6) is 0. The molecule has 13 heavy (non-hydrogen) atoms. The molecule has 0 aliphatic rings. The van der Waals surface area contributed by atoms with Crippen LogP contribution in [0.2, 0.25) is 5.02 Å². The normalized spacial score (nSPS) is 10.9. The summed E-state index contributed by atoms with van der Waals surface area (Å²) in [5, 5.41) is 0.696. The van der Waals surface area contributed by atoms with Gasteiger partial charge >= 0.3 is 0 Å². The fourth-order valence-corrected chi connectivity index (χ4v) is 1.42. The van der Waals surface area contributed by atoms with Crippen LogP contribution in [0, 0.1) is 0 Å². The molecule has 0 aliphatic heterocycles. The van der Waals surface area contributed by atoms with E-state index in [9.17, 15) is 0 Å². The van der Waals surface area contributed by atoms with Gasteiger partial charge in [-0.3, -0.25) is 0 Å². The monoisotopic (exact) mass is 196 g/mol. The van der Waals surface area contributed by atoms with Crippen LogP contribution in [0.5, 0.6) is 0 Å². The minimum atomic E-state index is 0.558. The predicted octanol–water partition coefficient (Wildman–Crippen LogP) is 2.13. The lowest BCUT2D eigenvalue weighted by atomic mass is 10.4. The second-order valence-corrected chi connectivity index (χ2v) is 3.19. The van der Waals surface area contributed by atoms with Gasteiger partial charge in [-0.05, 0) is 12.1 Å². The number of nitrogens with zero attached hydrogens (tertiary/aromatic N) is 2. The van der Waals surface area contributed by atoms with E-state index in [0.717, 1.165) is 11.3 Å². The maximum atomic E-state index is 5.82. The molecule has 0 amide bonds. The number of fused-ring (bicyclic) bond motifs is 1. The number of hydrogen-bond acceptors (Lipinski definition) is 2. The lowest BCUT2D eigenvalue weighted by Crippen LogP contribution is -1.93. The third kappa shape index (κ3) is 1.53. The van der Waals surface area contributed by atoms with Crippen LogP contribution in [0.4, 0.5) is 0 Å². The molecule has 0 saturated heterocycles. The summed E-state index contributed by atoms with van der Waals surface area (Å²) in [6.07, 6.45) is 3.67. The van der Waals surface area contributed by atoms with Crippen molar-refractivity contribution in [2.75, 3.05) is 7.11 Å². The van der Waals surface area contributed by atoms with Crippen molar-refractivity contribution in [3.63, 3.8) is 0 Å². The molecule has 0 radical (unpaired) electrons. The molecule has 0 bridgehead atoms. The molecule has 0 spiro atoms. The minimum absolute atomic E-state index is 0.558. The van der Waals surface area contributed by atoms with Crippen molar-refractivity contribution in [3.8, 4) is 0 Å². The lowest BCUT2D eigenvalue weighted by Gasteiger charge is -1.99. The van der Waals surface area contributed by atoms with E-state index in [4.69, 9.17) is 16.3 Å². The minimum Gasteiger partial charge on any atom is -0.378 e. The molecule has 0 unspecified atom stereocenters. The largest absolute Gasteiger partial charge is 0.378 e. The molecule has 0 N–H and O–H groups in total. The number of ether oxygens (including phenoxy) is 1. The van der Waals surface area contributed by atoms with E-state index in [0.29, 0.717) is 11.6 Å². The molecular weight excluding hydrogens is 188 g/mol. The standard InChI is InChI=1S/C9H9ClN2O/c1-13-6-8-5-11-9-4-7(10)2-3-12(8)9/h2-5H,6H2,1H3. The molecule has 2 aromatic rings. The van der Waals surface area contributed by atoms with Crippen LogP contribution in [-0.4, -0.2) is 16.5 Å². The number of hydrogen-bond donors (Lipinski definition) is 0. The Morgan fingerprint density at radius 1 is 1.62 bits per heavy atom. The summed E-state index contributed by atoms with van der Waals surface area (Å²) in [4.78, 5) is 4.20. The zero-order chi connectivity index (χ0) is 9.26. The van der Waals surface area contributed by atoms with Crippen molar-refractivity contribution in [1.82, 2.24) is 9.38 Å². The number of halogens is 1. The molecular formula is C9H9ClN2O. The first kappa shape index (κ1) is 8.53. The topological polar surface area (TPSA) is 26.5 Å². The highest BCUT2D eigenvalue weighted by Crippen LogP contribution is 2.13. The summed E-state index contributed by atoms with van der Waals surface area (Å²) < 4.78 is 6.98. The highest BCUT2D eigenvalue weighted by molar-refractivity contribution is 6.30. The number of aromatic nitrogens is 2. The van der Waals surface area contributed by atoms with Crippen molar-refractivity contribution in [1.29, 1.82) is 0 Å². The Labute approximate surface area is 80.9 Å². The number of imidazole rings is 1. The molecule has 2 aromatic heterocycles. The zero-order valence-corrected chi connectivity index (χ0v) is 7.95. The summed E-state index contributed by atoms with van der Waals surface area (Å²) in [7, 11) is 1.66. The van der Waals surface area contributed by atoms with Crippen LogP contribution in [0.25, 0.3) is 5.65 Å². The van der Waals surface area contributed by atoms with Crippen molar-refractivity contribution in [2.45, 2.75) is 6.61 Å². The van der Waals surface area contributed by atoms with Gasteiger partial charge in [-0.25, -0.2) is 4.98 Å². The van der Waals surface area contributed by atoms with Crippen molar-refractivity contribution in [3.05, 3.63) is 35.2 Å². The van der Waals surface area contributed by atoms with E-state index < -0.39 is 0 Å². The molecule has 2 rings (SSSR count). The SMILES string of the molecule is COCc1cnc2cc(Cl)ccn12. The third-order valence-corrected chi connectivity index (χ3v) is 2.08. The van der Waals surface area contributed by atoms with Crippen molar-refractivity contribution < 1.29 is 4.74 Å². The molecule has 0 aliphatic carbocycles. The van der Waals surface area contributed by atoms with Gasteiger partial charge in [0.1, 0.15) is 5.65 Å². The van der Waals surface area contributed by atoms with Crippen LogP contribution in [0.15, 0.2) is 24.5 Å². The van der Waals surface area contributed by atoms with Gasteiger partial charge in [0.15, 0.2) is 0 Å². The van der Waals surface area contributed by atoms with Gasteiger partial charge < -0.3 is 9.14 Å². The summed E-state index contributed by atoms with van der Waals surface area (Å²) in [5.41, 5.74) is 1.87. The van der Waals surface area contributed by atoms with Crippen LogP contribution in [0.1, 0.15) is 5.69 Å². The predicted molar refractivity (Wildman–Crippen MR) is 50.9 cm³/mol. The van der Waals surface area contributed by atoms with E-state index in [1.807, 2.05) is 22.7 Å². The quantitative estimate of drug-likeness (QED) is 0.736. The van der Waals surface area contributed by atoms with E-state index in [1.54, 1.807) is 13.3 Å². The van der Waals surface area contributed by atoms with E-state index >= 15 is 0 Å². The Kier molecular flexibility index (Phi) is 2.20. The van der Waals surface area contributed by atoms with Crippen LogP contribution < -0.4 is 0 Å². The summed E-state index contributed by atoms with van der Waals surface area (Å²) in [6, 6.07) is 3.65. The molecule has 4 heteroatoms. The molecule has 68 valence electrons. The number of rotatable bonds is 2. The van der Waals surface area contributed by atoms with Gasteiger partial charge in [0.2, 0.25) is 0 Å². The zero-order valence-electron chi connectivity index (χ0n) is 7.20. The van der Waals surface area contributed by atoms with Gasteiger partial charge in [-0.1, -0.05) is 11.6 Å². The average molecular weight is 197 g/mol. The third-order valence-electron chi connectivity index (χ3n) is 1.84. The maximum Gasteiger partial charge on any atom is 0.138 e. The van der Waals surface area contributed by atoms with Crippen LogP contribution in [0.3, 0.4) is 0 Å². The fourth-order valence-electron chi connectivity index (χ4n) is 1.26.